The van der Waals surface area contributed by atoms with Crippen molar-refractivity contribution in [3.05, 3.63) is 12.7 Å². The maximum Gasteiger partial charge on any atom is -0.0382 e. The van der Waals surface area contributed by atoms with Crippen LogP contribution in [0.4, 0.5) is 0 Å². The SMILES string of the molecule is C=CCC.CCC.CCC.CCC. The minimum absolute atomic E-state index is 1.08. The van der Waals surface area contributed by atoms with Gasteiger partial charge in [-0.05, 0) is 6.42 Å². The molecule has 0 radical (unpaired) electrons. The summed E-state index contributed by atoms with van der Waals surface area (Å²) in [6.07, 6.45) is 6.71. The normalized spacial score (nSPS) is 6.08. The fraction of sp³-hybridized carbons (Fsp3) is 0.846. The Kier molecular flexibility index (Phi) is 107. The lowest BCUT2D eigenvalue weighted by atomic mass is 10.5. The first-order valence-electron chi connectivity index (χ1n) is 5.77. The molecule has 0 aromatic rings. The zero-order valence-electron chi connectivity index (χ0n) is 11.1. The lowest BCUT2D eigenvalue weighted by Crippen LogP contribution is -1.36. The molecule has 84 valence electrons. The van der Waals surface area contributed by atoms with Crippen molar-refractivity contribution in [1.29, 1.82) is 0 Å². The van der Waals surface area contributed by atoms with Crippen LogP contribution in [0, 0.1) is 0 Å². The molecule has 0 aromatic heterocycles. The van der Waals surface area contributed by atoms with E-state index in [2.05, 4.69) is 55.0 Å². The molecule has 0 aromatic carbocycles. The monoisotopic (exact) mass is 188 g/mol. The molecule has 0 bridgehead atoms. The van der Waals surface area contributed by atoms with E-state index in [9.17, 15) is 0 Å². The number of allylic oxidation sites excluding steroid dienone is 1. The molecule has 0 rings (SSSR count). The van der Waals surface area contributed by atoms with Gasteiger partial charge < -0.3 is 0 Å². The van der Waals surface area contributed by atoms with E-state index in [0.29, 0.717) is 0 Å². The van der Waals surface area contributed by atoms with Crippen molar-refractivity contribution in [2.45, 2.75) is 74.1 Å². The quantitative estimate of drug-likeness (QED) is 0.454. The summed E-state index contributed by atoms with van der Waals surface area (Å²) in [5, 5.41) is 0. The zero-order chi connectivity index (χ0) is 11.5. The molecule has 0 saturated heterocycles. The van der Waals surface area contributed by atoms with Crippen LogP contribution >= 0.6 is 0 Å². The van der Waals surface area contributed by atoms with Crippen molar-refractivity contribution in [2.75, 3.05) is 0 Å². The second-order valence-electron chi connectivity index (χ2n) is 2.82. The first kappa shape index (κ1) is 23.0. The minimum Gasteiger partial charge on any atom is -0.103 e. The van der Waals surface area contributed by atoms with E-state index >= 15 is 0 Å². The van der Waals surface area contributed by atoms with E-state index in [-0.39, 0.29) is 0 Å². The fourth-order valence-electron chi connectivity index (χ4n) is 0. The Balaban J connectivity index is -0.0000000420. The highest BCUT2D eigenvalue weighted by Gasteiger charge is 1.45. The average Bonchev–Trinajstić information content (AvgIpc) is 2.08. The standard InChI is InChI=1S/C4H8.3C3H8/c1-3-4-2;3*1-3-2/h3H,1,4H2,2H3;3*3H2,1-2H3. The van der Waals surface area contributed by atoms with Crippen molar-refractivity contribution in [3.63, 3.8) is 0 Å². The van der Waals surface area contributed by atoms with E-state index < -0.39 is 0 Å². The highest BCUT2D eigenvalue weighted by Crippen LogP contribution is 1.66. The smallest absolute Gasteiger partial charge is 0.0382 e. The van der Waals surface area contributed by atoms with E-state index in [4.69, 9.17) is 0 Å². The Morgan fingerprint density at radius 3 is 0.769 bits per heavy atom. The summed E-state index contributed by atoms with van der Waals surface area (Å²) in [5.41, 5.74) is 0. The summed E-state index contributed by atoms with van der Waals surface area (Å²) in [4.78, 5) is 0. The van der Waals surface area contributed by atoms with Crippen LogP contribution in [0.2, 0.25) is 0 Å². The van der Waals surface area contributed by atoms with Gasteiger partial charge in [-0.25, -0.2) is 0 Å². The summed E-state index contributed by atoms with van der Waals surface area (Å²) in [6, 6.07) is 0. The molecular weight excluding hydrogens is 156 g/mol. The van der Waals surface area contributed by atoms with Crippen LogP contribution in [0.15, 0.2) is 12.7 Å². The topological polar surface area (TPSA) is 0 Å². The summed E-state index contributed by atoms with van der Waals surface area (Å²) in [6.45, 7) is 18.3. The van der Waals surface area contributed by atoms with Gasteiger partial charge in [0.2, 0.25) is 0 Å². The predicted molar refractivity (Wildman–Crippen MR) is 68.4 cm³/mol. The first-order valence-corrected chi connectivity index (χ1v) is 5.77. The van der Waals surface area contributed by atoms with Crippen molar-refractivity contribution < 1.29 is 0 Å². The van der Waals surface area contributed by atoms with Crippen LogP contribution in [-0.2, 0) is 0 Å². The molecule has 0 unspecified atom stereocenters. The lowest BCUT2D eigenvalue weighted by molar-refractivity contribution is 1.09. The summed E-state index contributed by atoms with van der Waals surface area (Å²) >= 11 is 0. The van der Waals surface area contributed by atoms with Gasteiger partial charge in [0.1, 0.15) is 0 Å². The molecule has 13 heavy (non-hydrogen) atoms. The third-order valence-corrected chi connectivity index (χ3v) is 0.289. The number of hydrogen-bond acceptors (Lipinski definition) is 0. The third kappa shape index (κ3) is 2030. The molecule has 0 atom stereocenters. The Morgan fingerprint density at radius 1 is 0.692 bits per heavy atom. The Labute approximate surface area is 87.4 Å². The highest BCUT2D eigenvalue weighted by atomic mass is 13.5. The molecule has 0 heteroatoms. The van der Waals surface area contributed by atoms with Crippen LogP contribution in [0.5, 0.6) is 0 Å². The number of rotatable bonds is 1. The lowest BCUT2D eigenvalue weighted by Gasteiger charge is -1.57. The molecule has 0 spiro atoms. The largest absolute Gasteiger partial charge is 0.103 e. The molecule has 0 aliphatic rings. The van der Waals surface area contributed by atoms with Crippen LogP contribution in [0.25, 0.3) is 0 Å². The highest BCUT2D eigenvalue weighted by molar-refractivity contribution is 4.60. The Hall–Kier alpha value is -0.260. The van der Waals surface area contributed by atoms with Crippen molar-refractivity contribution in [1.82, 2.24) is 0 Å². The fourth-order valence-corrected chi connectivity index (χ4v) is 0. The van der Waals surface area contributed by atoms with Gasteiger partial charge in [-0.1, -0.05) is 73.8 Å². The molecule has 0 amide bonds. The van der Waals surface area contributed by atoms with Gasteiger partial charge in [0.25, 0.3) is 0 Å². The summed E-state index contributed by atoms with van der Waals surface area (Å²) in [7, 11) is 0. The molecule has 0 aliphatic heterocycles. The Morgan fingerprint density at radius 2 is 0.769 bits per heavy atom. The summed E-state index contributed by atoms with van der Waals surface area (Å²) in [5.74, 6) is 0. The maximum absolute atomic E-state index is 3.48. The van der Waals surface area contributed by atoms with Crippen molar-refractivity contribution in [2.24, 2.45) is 0 Å². The van der Waals surface area contributed by atoms with Gasteiger partial charge in [-0.2, -0.15) is 0 Å². The Bertz CT molecular complexity index is 32.5. The van der Waals surface area contributed by atoms with E-state index in [1.165, 1.54) is 19.3 Å². The molecule has 0 saturated carbocycles. The maximum atomic E-state index is 3.48. The predicted octanol–water partition coefficient (Wildman–Crippen LogP) is 5.83. The second-order valence-corrected chi connectivity index (χ2v) is 2.82. The van der Waals surface area contributed by atoms with Gasteiger partial charge in [0.05, 0.1) is 0 Å². The van der Waals surface area contributed by atoms with Crippen LogP contribution in [0.1, 0.15) is 74.1 Å². The zero-order valence-corrected chi connectivity index (χ0v) is 11.1. The van der Waals surface area contributed by atoms with E-state index in [1.807, 2.05) is 6.08 Å². The number of hydrogen-bond donors (Lipinski definition) is 0. The first-order chi connectivity index (χ1) is 6.16. The van der Waals surface area contributed by atoms with Crippen LogP contribution in [0.3, 0.4) is 0 Å². The van der Waals surface area contributed by atoms with Gasteiger partial charge in [-0.3, -0.25) is 0 Å². The van der Waals surface area contributed by atoms with Gasteiger partial charge >= 0.3 is 0 Å². The third-order valence-electron chi connectivity index (χ3n) is 0.289. The van der Waals surface area contributed by atoms with Crippen LogP contribution < -0.4 is 0 Å². The molecule has 0 nitrogen and oxygen atoms in total. The molecule has 0 N–H and O–H groups in total. The average molecular weight is 188 g/mol. The van der Waals surface area contributed by atoms with Gasteiger partial charge in [0.15, 0.2) is 0 Å². The van der Waals surface area contributed by atoms with Crippen molar-refractivity contribution >= 4 is 0 Å². The molecule has 0 heterocycles. The molecular formula is C13H32. The molecule has 0 fully saturated rings. The summed E-state index contributed by atoms with van der Waals surface area (Å²) < 4.78 is 0. The van der Waals surface area contributed by atoms with Gasteiger partial charge in [0, 0.05) is 0 Å². The van der Waals surface area contributed by atoms with E-state index in [1.54, 1.807) is 0 Å². The van der Waals surface area contributed by atoms with Crippen LogP contribution in [-0.4, -0.2) is 0 Å². The van der Waals surface area contributed by atoms with E-state index in [0.717, 1.165) is 6.42 Å². The molecule has 0 aliphatic carbocycles. The minimum atomic E-state index is 1.08. The second kappa shape index (κ2) is 60.3. The van der Waals surface area contributed by atoms with Gasteiger partial charge in [-0.15, -0.1) is 6.58 Å². The van der Waals surface area contributed by atoms with Crippen molar-refractivity contribution in [3.8, 4) is 0 Å².